The summed E-state index contributed by atoms with van der Waals surface area (Å²) < 4.78 is 6.00. The molecule has 0 saturated carbocycles. The zero-order valence-electron chi connectivity index (χ0n) is 11.8. The Kier molecular flexibility index (Phi) is 4.11. The molecule has 17 heavy (non-hydrogen) atoms. The van der Waals surface area contributed by atoms with Crippen LogP contribution in [0.15, 0.2) is 0 Å². The Morgan fingerprint density at radius 2 is 1.94 bits per heavy atom. The van der Waals surface area contributed by atoms with Crippen molar-refractivity contribution < 1.29 is 4.74 Å². The van der Waals surface area contributed by atoms with Crippen molar-refractivity contribution in [3.63, 3.8) is 0 Å². The van der Waals surface area contributed by atoms with E-state index in [0.29, 0.717) is 12.3 Å². The van der Waals surface area contributed by atoms with Crippen LogP contribution in [0.25, 0.3) is 0 Å². The molecule has 2 heterocycles. The van der Waals surface area contributed by atoms with Crippen LogP contribution in [0.5, 0.6) is 0 Å². The number of ether oxygens (including phenoxy) is 1. The standard InChI is InChI=1S/C14H28N2O/c1-11(2)16-7-5-12(6-8-16)9-13-15-10-14(3,4)17-13/h11-13,15H,5-10H2,1-4H3. The Hall–Kier alpha value is -0.120. The van der Waals surface area contributed by atoms with E-state index in [0.717, 1.165) is 12.5 Å². The lowest BCUT2D eigenvalue weighted by Crippen LogP contribution is -2.39. The molecule has 2 rings (SSSR count). The summed E-state index contributed by atoms with van der Waals surface area (Å²) in [5.41, 5.74) is 0.0311. The van der Waals surface area contributed by atoms with Gasteiger partial charge in [0.2, 0.25) is 0 Å². The Labute approximate surface area is 106 Å². The van der Waals surface area contributed by atoms with E-state index in [-0.39, 0.29) is 5.60 Å². The van der Waals surface area contributed by atoms with E-state index in [2.05, 4.69) is 37.9 Å². The molecule has 0 aromatic carbocycles. The summed E-state index contributed by atoms with van der Waals surface area (Å²) in [6.07, 6.45) is 4.15. The molecule has 2 saturated heterocycles. The first-order chi connectivity index (χ1) is 7.96. The van der Waals surface area contributed by atoms with Gasteiger partial charge in [0.25, 0.3) is 0 Å². The summed E-state index contributed by atoms with van der Waals surface area (Å²) >= 11 is 0. The number of hydrogen-bond donors (Lipinski definition) is 1. The van der Waals surface area contributed by atoms with Crippen LogP contribution in [0.4, 0.5) is 0 Å². The summed E-state index contributed by atoms with van der Waals surface area (Å²) in [7, 11) is 0. The Balaban J connectivity index is 1.72. The maximum atomic E-state index is 6.00. The van der Waals surface area contributed by atoms with Gasteiger partial charge in [0, 0.05) is 12.6 Å². The molecular formula is C14H28N2O. The van der Waals surface area contributed by atoms with Crippen LogP contribution < -0.4 is 5.32 Å². The Morgan fingerprint density at radius 1 is 1.29 bits per heavy atom. The van der Waals surface area contributed by atoms with E-state index in [1.54, 1.807) is 0 Å². The Bertz CT molecular complexity index is 245. The molecule has 0 aromatic heterocycles. The van der Waals surface area contributed by atoms with Crippen molar-refractivity contribution >= 4 is 0 Å². The summed E-state index contributed by atoms with van der Waals surface area (Å²) in [6, 6.07) is 0.704. The van der Waals surface area contributed by atoms with Gasteiger partial charge in [0.15, 0.2) is 0 Å². The van der Waals surface area contributed by atoms with Crippen LogP contribution in [0.3, 0.4) is 0 Å². The molecule has 1 N–H and O–H groups in total. The van der Waals surface area contributed by atoms with Crippen molar-refractivity contribution in [3.8, 4) is 0 Å². The van der Waals surface area contributed by atoms with Gasteiger partial charge in [-0.1, -0.05) is 0 Å². The molecule has 1 unspecified atom stereocenters. The predicted molar refractivity (Wildman–Crippen MR) is 71.0 cm³/mol. The second kappa shape index (κ2) is 5.25. The van der Waals surface area contributed by atoms with E-state index in [1.807, 2.05) is 0 Å². The SMILES string of the molecule is CC(C)N1CCC(CC2NCC(C)(C)O2)CC1. The number of nitrogens with one attached hydrogen (secondary N) is 1. The molecule has 0 aliphatic carbocycles. The van der Waals surface area contributed by atoms with Gasteiger partial charge in [0.1, 0.15) is 6.23 Å². The largest absolute Gasteiger partial charge is 0.356 e. The molecule has 2 aliphatic heterocycles. The highest BCUT2D eigenvalue weighted by Crippen LogP contribution is 2.27. The normalized spacial score (nSPS) is 31.2. The smallest absolute Gasteiger partial charge is 0.109 e. The average Bonchev–Trinajstić information content (AvgIpc) is 2.59. The van der Waals surface area contributed by atoms with Crippen LogP contribution >= 0.6 is 0 Å². The first-order valence-electron chi connectivity index (χ1n) is 7.11. The molecular weight excluding hydrogens is 212 g/mol. The third kappa shape index (κ3) is 3.67. The lowest BCUT2D eigenvalue weighted by atomic mass is 9.92. The minimum atomic E-state index is 0.0311. The van der Waals surface area contributed by atoms with Gasteiger partial charge in [-0.15, -0.1) is 0 Å². The molecule has 100 valence electrons. The zero-order chi connectivity index (χ0) is 12.5. The fourth-order valence-corrected chi connectivity index (χ4v) is 2.97. The number of rotatable bonds is 3. The monoisotopic (exact) mass is 240 g/mol. The minimum Gasteiger partial charge on any atom is -0.356 e. The van der Waals surface area contributed by atoms with Crippen molar-refractivity contribution in [3.05, 3.63) is 0 Å². The van der Waals surface area contributed by atoms with Gasteiger partial charge < -0.3 is 9.64 Å². The molecule has 0 amide bonds. The molecule has 1 atom stereocenters. The van der Waals surface area contributed by atoms with Gasteiger partial charge in [-0.2, -0.15) is 0 Å². The van der Waals surface area contributed by atoms with Crippen LogP contribution in [0.2, 0.25) is 0 Å². The second-order valence-electron chi connectivity index (χ2n) is 6.56. The molecule has 3 heteroatoms. The molecule has 0 bridgehead atoms. The van der Waals surface area contributed by atoms with Crippen molar-refractivity contribution in [1.29, 1.82) is 0 Å². The minimum absolute atomic E-state index is 0.0311. The lowest BCUT2D eigenvalue weighted by molar-refractivity contribution is -0.0291. The maximum Gasteiger partial charge on any atom is 0.109 e. The number of hydrogen-bond acceptors (Lipinski definition) is 3. The summed E-state index contributed by atoms with van der Waals surface area (Å²) in [6.45, 7) is 12.4. The molecule has 0 radical (unpaired) electrons. The molecule has 0 aromatic rings. The van der Waals surface area contributed by atoms with Crippen molar-refractivity contribution in [2.24, 2.45) is 5.92 Å². The van der Waals surface area contributed by atoms with Gasteiger partial charge in [0.05, 0.1) is 5.60 Å². The highest BCUT2D eigenvalue weighted by Gasteiger charge is 2.33. The molecule has 2 aliphatic rings. The van der Waals surface area contributed by atoms with Gasteiger partial charge >= 0.3 is 0 Å². The van der Waals surface area contributed by atoms with Crippen LogP contribution in [0.1, 0.15) is 47.0 Å². The average molecular weight is 240 g/mol. The maximum absolute atomic E-state index is 6.00. The zero-order valence-corrected chi connectivity index (χ0v) is 11.8. The van der Waals surface area contributed by atoms with Gasteiger partial charge in [-0.25, -0.2) is 0 Å². The third-order valence-corrected chi connectivity index (χ3v) is 4.14. The van der Waals surface area contributed by atoms with Gasteiger partial charge in [-0.05, 0) is 66.0 Å². The summed E-state index contributed by atoms with van der Waals surface area (Å²) in [5, 5.41) is 3.49. The first kappa shape index (κ1) is 13.3. The summed E-state index contributed by atoms with van der Waals surface area (Å²) in [5.74, 6) is 0.844. The summed E-state index contributed by atoms with van der Waals surface area (Å²) in [4.78, 5) is 2.59. The van der Waals surface area contributed by atoms with E-state index in [4.69, 9.17) is 4.74 Å². The fourth-order valence-electron chi connectivity index (χ4n) is 2.97. The number of likely N-dealkylation sites (tertiary alicyclic amines) is 1. The quantitative estimate of drug-likeness (QED) is 0.818. The van der Waals surface area contributed by atoms with Crippen molar-refractivity contribution in [2.45, 2.75) is 64.8 Å². The molecule has 2 fully saturated rings. The third-order valence-electron chi connectivity index (χ3n) is 4.14. The van der Waals surface area contributed by atoms with E-state index in [1.165, 1.54) is 32.4 Å². The fraction of sp³-hybridized carbons (Fsp3) is 1.00. The van der Waals surface area contributed by atoms with Crippen molar-refractivity contribution in [2.75, 3.05) is 19.6 Å². The number of piperidine rings is 1. The van der Waals surface area contributed by atoms with Crippen molar-refractivity contribution in [1.82, 2.24) is 10.2 Å². The van der Waals surface area contributed by atoms with Crippen LogP contribution in [-0.2, 0) is 4.74 Å². The van der Waals surface area contributed by atoms with Crippen LogP contribution in [0, 0.1) is 5.92 Å². The highest BCUT2D eigenvalue weighted by atomic mass is 16.5. The van der Waals surface area contributed by atoms with Crippen LogP contribution in [-0.4, -0.2) is 42.4 Å². The van der Waals surface area contributed by atoms with Gasteiger partial charge in [-0.3, -0.25) is 5.32 Å². The van der Waals surface area contributed by atoms with E-state index in [9.17, 15) is 0 Å². The molecule has 0 spiro atoms. The highest BCUT2D eigenvalue weighted by molar-refractivity contribution is 4.84. The molecule has 3 nitrogen and oxygen atoms in total. The van der Waals surface area contributed by atoms with E-state index >= 15 is 0 Å². The topological polar surface area (TPSA) is 24.5 Å². The predicted octanol–water partition coefficient (Wildman–Crippen LogP) is 2.22. The second-order valence-corrected chi connectivity index (χ2v) is 6.56. The lowest BCUT2D eigenvalue weighted by Gasteiger charge is -2.35. The Morgan fingerprint density at radius 3 is 2.41 bits per heavy atom. The first-order valence-corrected chi connectivity index (χ1v) is 7.11. The van der Waals surface area contributed by atoms with E-state index < -0.39 is 0 Å². The number of nitrogens with zero attached hydrogens (tertiary/aromatic N) is 1.